The van der Waals surface area contributed by atoms with Crippen LogP contribution in [0.25, 0.3) is 0 Å². The molecule has 0 radical (unpaired) electrons. The first kappa shape index (κ1) is 16.9. The van der Waals surface area contributed by atoms with Crippen LogP contribution in [0.4, 0.5) is 0 Å². The van der Waals surface area contributed by atoms with Crippen LogP contribution in [0, 0.1) is 0 Å². The van der Waals surface area contributed by atoms with E-state index in [4.69, 9.17) is 10.8 Å². The van der Waals surface area contributed by atoms with Crippen molar-refractivity contribution in [3.8, 4) is 0 Å². The molecule has 0 saturated carbocycles. The summed E-state index contributed by atoms with van der Waals surface area (Å²) in [7, 11) is 0. The summed E-state index contributed by atoms with van der Waals surface area (Å²) in [5.74, 6) is -0.527. The van der Waals surface area contributed by atoms with Gasteiger partial charge in [-0.15, -0.1) is 0 Å². The van der Waals surface area contributed by atoms with Crippen molar-refractivity contribution in [1.82, 2.24) is 10.2 Å². The summed E-state index contributed by atoms with van der Waals surface area (Å²) in [6.45, 7) is 2.82. The van der Waals surface area contributed by atoms with Crippen LogP contribution in [0.1, 0.15) is 32.6 Å². The van der Waals surface area contributed by atoms with Gasteiger partial charge in [-0.05, 0) is 6.42 Å². The van der Waals surface area contributed by atoms with Crippen molar-refractivity contribution in [1.29, 1.82) is 0 Å². The summed E-state index contributed by atoms with van der Waals surface area (Å²) in [6, 6.07) is 0. The van der Waals surface area contributed by atoms with E-state index in [0.717, 1.165) is 25.7 Å². The number of carbonyl (C=O) groups excluding carboxylic acids is 2. The Balaban J connectivity index is 3.97. The van der Waals surface area contributed by atoms with Crippen LogP contribution in [0.3, 0.4) is 0 Å². The van der Waals surface area contributed by atoms with Crippen LogP contribution >= 0.6 is 0 Å². The molecule has 0 aliphatic rings. The molecule has 0 atom stereocenters. The summed E-state index contributed by atoms with van der Waals surface area (Å²) in [4.78, 5) is 24.3. The van der Waals surface area contributed by atoms with Gasteiger partial charge in [-0.3, -0.25) is 9.59 Å². The van der Waals surface area contributed by atoms with Crippen LogP contribution in [-0.4, -0.2) is 54.6 Å². The van der Waals surface area contributed by atoms with Crippen molar-refractivity contribution in [2.75, 3.05) is 32.8 Å². The molecule has 0 heterocycles. The molecule has 106 valence electrons. The van der Waals surface area contributed by atoms with Gasteiger partial charge in [-0.25, -0.2) is 0 Å². The number of unbranched alkanes of at least 4 members (excludes halogenated alkanes) is 3. The average molecular weight is 259 g/mol. The highest BCUT2D eigenvalue weighted by atomic mass is 16.3. The zero-order chi connectivity index (χ0) is 13.8. The van der Waals surface area contributed by atoms with Crippen LogP contribution in [-0.2, 0) is 9.59 Å². The molecule has 0 aromatic heterocycles. The molecule has 0 spiro atoms. The molecular formula is C12H25N3O3. The Morgan fingerprint density at radius 3 is 2.50 bits per heavy atom. The van der Waals surface area contributed by atoms with Crippen molar-refractivity contribution in [2.45, 2.75) is 32.6 Å². The maximum absolute atomic E-state index is 11.8. The predicted molar refractivity (Wildman–Crippen MR) is 69.9 cm³/mol. The van der Waals surface area contributed by atoms with E-state index >= 15 is 0 Å². The third-order valence-electron chi connectivity index (χ3n) is 2.63. The summed E-state index contributed by atoms with van der Waals surface area (Å²) >= 11 is 0. The third kappa shape index (κ3) is 8.03. The molecule has 0 aliphatic carbocycles. The van der Waals surface area contributed by atoms with Gasteiger partial charge in [0.25, 0.3) is 0 Å². The Kier molecular flexibility index (Phi) is 10.3. The largest absolute Gasteiger partial charge is 0.395 e. The van der Waals surface area contributed by atoms with Crippen LogP contribution in [0.15, 0.2) is 0 Å². The van der Waals surface area contributed by atoms with E-state index in [9.17, 15) is 9.59 Å². The van der Waals surface area contributed by atoms with Crippen molar-refractivity contribution < 1.29 is 14.7 Å². The average Bonchev–Trinajstić information content (AvgIpc) is 2.39. The second-order valence-electron chi connectivity index (χ2n) is 4.15. The van der Waals surface area contributed by atoms with Gasteiger partial charge >= 0.3 is 0 Å². The van der Waals surface area contributed by atoms with E-state index in [1.807, 2.05) is 0 Å². The van der Waals surface area contributed by atoms with E-state index in [0.29, 0.717) is 13.1 Å². The summed E-state index contributed by atoms with van der Waals surface area (Å²) < 4.78 is 0. The highest BCUT2D eigenvalue weighted by Crippen LogP contribution is 2.01. The minimum atomic E-state index is -0.349. The number of aliphatic hydroxyl groups excluding tert-OH is 1. The molecule has 0 unspecified atom stereocenters. The van der Waals surface area contributed by atoms with Gasteiger partial charge in [-0.1, -0.05) is 26.2 Å². The number of rotatable bonds is 10. The Morgan fingerprint density at radius 1 is 1.22 bits per heavy atom. The number of carbonyl (C=O) groups is 2. The lowest BCUT2D eigenvalue weighted by atomic mass is 10.2. The Labute approximate surface area is 109 Å². The van der Waals surface area contributed by atoms with Crippen molar-refractivity contribution >= 4 is 11.8 Å². The highest BCUT2D eigenvalue weighted by Gasteiger charge is 2.13. The van der Waals surface area contributed by atoms with Crippen LogP contribution < -0.4 is 11.1 Å². The topological polar surface area (TPSA) is 95.7 Å². The summed E-state index contributed by atoms with van der Waals surface area (Å²) in [5.41, 5.74) is 5.13. The number of aliphatic hydroxyl groups is 1. The molecule has 0 aromatic rings. The molecule has 6 heteroatoms. The molecule has 0 rings (SSSR count). The van der Waals surface area contributed by atoms with Crippen molar-refractivity contribution in [3.05, 3.63) is 0 Å². The van der Waals surface area contributed by atoms with Gasteiger partial charge in [0.1, 0.15) is 0 Å². The van der Waals surface area contributed by atoms with Gasteiger partial charge in [-0.2, -0.15) is 0 Å². The Morgan fingerprint density at radius 2 is 1.94 bits per heavy atom. The molecule has 2 amide bonds. The third-order valence-corrected chi connectivity index (χ3v) is 2.63. The fraction of sp³-hybridized carbons (Fsp3) is 0.833. The first-order valence-electron chi connectivity index (χ1n) is 6.51. The Hall–Kier alpha value is -1.14. The second kappa shape index (κ2) is 11.0. The van der Waals surface area contributed by atoms with E-state index in [1.165, 1.54) is 0 Å². The summed E-state index contributed by atoms with van der Waals surface area (Å²) in [5, 5.41) is 11.3. The van der Waals surface area contributed by atoms with E-state index in [-0.39, 0.29) is 31.5 Å². The van der Waals surface area contributed by atoms with Crippen molar-refractivity contribution in [2.24, 2.45) is 5.73 Å². The lowest BCUT2D eigenvalue weighted by Crippen LogP contribution is -2.43. The summed E-state index contributed by atoms with van der Waals surface area (Å²) in [6.07, 6.45) is 4.27. The molecule has 6 nitrogen and oxygen atoms in total. The maximum atomic E-state index is 11.8. The number of nitrogens with two attached hydrogens (primary N) is 1. The normalized spacial score (nSPS) is 10.2. The first-order chi connectivity index (χ1) is 8.65. The standard InChI is InChI=1S/C12H25N3O3/c1-2-3-4-5-6-15(7-8-16)12(18)10-14-11(17)9-13/h16H,2-10,13H2,1H3,(H,14,17). The first-order valence-corrected chi connectivity index (χ1v) is 6.51. The fourth-order valence-electron chi connectivity index (χ4n) is 1.57. The van der Waals surface area contributed by atoms with Gasteiger partial charge in [0.05, 0.1) is 19.7 Å². The lowest BCUT2D eigenvalue weighted by Gasteiger charge is -2.21. The molecule has 0 aromatic carbocycles. The van der Waals surface area contributed by atoms with Gasteiger partial charge in [0.15, 0.2) is 0 Å². The lowest BCUT2D eigenvalue weighted by molar-refractivity contribution is -0.133. The number of hydrogen-bond acceptors (Lipinski definition) is 4. The van der Waals surface area contributed by atoms with E-state index in [2.05, 4.69) is 12.2 Å². The number of hydrogen-bond donors (Lipinski definition) is 3. The molecule has 18 heavy (non-hydrogen) atoms. The Bertz CT molecular complexity index is 247. The predicted octanol–water partition coefficient (Wildman–Crippen LogP) is -0.537. The van der Waals surface area contributed by atoms with Gasteiger partial charge < -0.3 is 21.1 Å². The number of amides is 2. The molecular weight excluding hydrogens is 234 g/mol. The number of nitrogens with one attached hydrogen (secondary N) is 1. The minimum Gasteiger partial charge on any atom is -0.395 e. The maximum Gasteiger partial charge on any atom is 0.242 e. The second-order valence-corrected chi connectivity index (χ2v) is 4.15. The fourth-order valence-corrected chi connectivity index (χ4v) is 1.57. The molecule has 0 bridgehead atoms. The van der Waals surface area contributed by atoms with Crippen molar-refractivity contribution in [3.63, 3.8) is 0 Å². The monoisotopic (exact) mass is 259 g/mol. The highest BCUT2D eigenvalue weighted by molar-refractivity contribution is 5.85. The molecule has 0 aliphatic heterocycles. The van der Waals surface area contributed by atoms with Crippen LogP contribution in [0.5, 0.6) is 0 Å². The number of nitrogens with zero attached hydrogens (tertiary/aromatic N) is 1. The molecule has 0 fully saturated rings. The zero-order valence-corrected chi connectivity index (χ0v) is 11.2. The SMILES string of the molecule is CCCCCCN(CCO)C(=O)CNC(=O)CN. The molecule has 4 N–H and O–H groups in total. The smallest absolute Gasteiger partial charge is 0.242 e. The molecule has 0 saturated heterocycles. The van der Waals surface area contributed by atoms with Gasteiger partial charge in [0, 0.05) is 13.1 Å². The van der Waals surface area contributed by atoms with Gasteiger partial charge in [0.2, 0.25) is 11.8 Å². The van der Waals surface area contributed by atoms with E-state index in [1.54, 1.807) is 4.90 Å². The zero-order valence-electron chi connectivity index (χ0n) is 11.2. The van der Waals surface area contributed by atoms with Crippen LogP contribution in [0.2, 0.25) is 0 Å². The van der Waals surface area contributed by atoms with E-state index < -0.39 is 0 Å². The minimum absolute atomic E-state index is 0.0518. The quantitative estimate of drug-likeness (QED) is 0.459.